The highest BCUT2D eigenvalue weighted by Gasteiger charge is 2.47. The van der Waals surface area contributed by atoms with Gasteiger partial charge < -0.3 is 20.1 Å². The molecule has 1 fully saturated rings. The fraction of sp³-hybridized carbons (Fsp3) is 0.296. The molecule has 2 heterocycles. The minimum absolute atomic E-state index is 0.00978. The molecule has 1 unspecified atom stereocenters. The van der Waals surface area contributed by atoms with Gasteiger partial charge in [0.15, 0.2) is 10.8 Å². The Morgan fingerprint density at radius 1 is 1.05 bits per heavy atom. The van der Waals surface area contributed by atoms with E-state index < -0.39 is 41.8 Å². The molecule has 4 amide bonds. The lowest BCUT2D eigenvalue weighted by molar-refractivity contribution is -0.134. The Morgan fingerprint density at radius 3 is 2.37 bits per heavy atom. The molecule has 1 saturated heterocycles. The number of hydrogen-bond donors (Lipinski definition) is 2. The maximum atomic E-state index is 13.6. The third-order valence-corrected chi connectivity index (χ3v) is 6.79. The van der Waals surface area contributed by atoms with Gasteiger partial charge in [-0.3, -0.25) is 9.59 Å². The minimum atomic E-state index is -1.19. The van der Waals surface area contributed by atoms with Crippen LogP contribution in [0.3, 0.4) is 0 Å². The number of imide groups is 1. The molecule has 11 heteroatoms. The number of thiazole rings is 1. The van der Waals surface area contributed by atoms with Crippen molar-refractivity contribution in [2.75, 3.05) is 12.4 Å². The second-order valence-corrected chi connectivity index (χ2v) is 9.85. The summed E-state index contributed by atoms with van der Waals surface area (Å²) in [4.78, 5) is 57.2. The number of anilines is 1. The maximum absolute atomic E-state index is 13.6. The lowest BCUT2D eigenvalue weighted by atomic mass is 9.91. The molecule has 1 aromatic heterocycles. The van der Waals surface area contributed by atoms with Gasteiger partial charge in [-0.25, -0.2) is 19.5 Å². The summed E-state index contributed by atoms with van der Waals surface area (Å²) in [7, 11) is 1.23. The van der Waals surface area contributed by atoms with Gasteiger partial charge >= 0.3 is 12.0 Å². The van der Waals surface area contributed by atoms with Crippen LogP contribution < -0.4 is 15.4 Å². The number of benzene rings is 2. The molecule has 0 aliphatic carbocycles. The number of nitrogens with zero attached hydrogens (tertiary/aromatic N) is 2. The van der Waals surface area contributed by atoms with Gasteiger partial charge in [0.05, 0.1) is 13.2 Å². The average Bonchev–Trinajstić information content (AvgIpc) is 3.49. The van der Waals surface area contributed by atoms with Crippen LogP contribution in [0, 0.1) is 0 Å². The van der Waals surface area contributed by atoms with Crippen molar-refractivity contribution < 1.29 is 28.7 Å². The van der Waals surface area contributed by atoms with Crippen molar-refractivity contribution in [3.05, 3.63) is 76.8 Å². The summed E-state index contributed by atoms with van der Waals surface area (Å²) >= 11 is 1.03. The molecule has 3 atom stereocenters. The average molecular weight is 537 g/mol. The molecule has 1 aliphatic rings. The molecule has 3 aromatic rings. The largest absolute Gasteiger partial charge is 0.491 e. The summed E-state index contributed by atoms with van der Waals surface area (Å²) in [5.74, 6) is -1.71. The van der Waals surface area contributed by atoms with Crippen molar-refractivity contribution in [1.82, 2.24) is 15.2 Å². The zero-order valence-corrected chi connectivity index (χ0v) is 22.2. The lowest BCUT2D eigenvalue weighted by Gasteiger charge is -2.29. The molecular weight excluding hydrogens is 508 g/mol. The van der Waals surface area contributed by atoms with Crippen LogP contribution in [0.25, 0.3) is 0 Å². The first-order valence-electron chi connectivity index (χ1n) is 12.0. The van der Waals surface area contributed by atoms with Crippen molar-refractivity contribution >= 4 is 40.3 Å². The van der Waals surface area contributed by atoms with E-state index in [-0.39, 0.29) is 16.9 Å². The second-order valence-electron chi connectivity index (χ2n) is 8.99. The number of carbonyl (C=O) groups excluding carboxylic acids is 4. The van der Waals surface area contributed by atoms with E-state index in [1.54, 1.807) is 31.2 Å². The van der Waals surface area contributed by atoms with Gasteiger partial charge in [-0.1, -0.05) is 49.4 Å². The Morgan fingerprint density at radius 2 is 1.74 bits per heavy atom. The molecule has 0 spiro atoms. The number of methoxy groups -OCH3 is 1. The van der Waals surface area contributed by atoms with E-state index in [2.05, 4.69) is 20.4 Å². The number of amides is 4. The number of nitrogens with one attached hydrogen (secondary N) is 2. The summed E-state index contributed by atoms with van der Waals surface area (Å²) in [5.41, 5.74) is 1.37. The van der Waals surface area contributed by atoms with Crippen molar-refractivity contribution in [3.63, 3.8) is 0 Å². The van der Waals surface area contributed by atoms with Gasteiger partial charge in [0, 0.05) is 11.3 Å². The monoisotopic (exact) mass is 536 g/mol. The van der Waals surface area contributed by atoms with Gasteiger partial charge in [0.25, 0.3) is 5.91 Å². The first kappa shape index (κ1) is 26.8. The SMILES string of the molecule is COC(=O)c1csc(NC(=O)[C@H]([C@@H](C)c2ccccc2)N2C(=O)NC(c3ccc(OC(C)C)cc3)C2=O)n1. The third kappa shape index (κ3) is 5.67. The lowest BCUT2D eigenvalue weighted by Crippen LogP contribution is -2.50. The second kappa shape index (κ2) is 11.4. The molecule has 4 rings (SSSR count). The molecule has 0 bridgehead atoms. The highest BCUT2D eigenvalue weighted by Crippen LogP contribution is 2.32. The van der Waals surface area contributed by atoms with Crippen LogP contribution in [0.15, 0.2) is 60.0 Å². The number of urea groups is 1. The number of hydrogen-bond acceptors (Lipinski definition) is 8. The zero-order chi connectivity index (χ0) is 27.4. The van der Waals surface area contributed by atoms with Gasteiger partial charge in [-0.05, 0) is 37.1 Å². The van der Waals surface area contributed by atoms with Crippen molar-refractivity contribution in [3.8, 4) is 5.75 Å². The number of esters is 1. The molecule has 1 aliphatic heterocycles. The summed E-state index contributed by atoms with van der Waals surface area (Å²) in [6.07, 6.45) is -0.00978. The summed E-state index contributed by atoms with van der Waals surface area (Å²) in [5, 5.41) is 6.96. The molecule has 2 aromatic carbocycles. The first-order valence-corrected chi connectivity index (χ1v) is 12.9. The van der Waals surface area contributed by atoms with Crippen LogP contribution in [0.5, 0.6) is 5.75 Å². The normalized spacial score (nSPS) is 16.7. The predicted octanol–water partition coefficient (Wildman–Crippen LogP) is 4.12. The first-order chi connectivity index (χ1) is 18.2. The van der Waals surface area contributed by atoms with E-state index in [4.69, 9.17) is 4.74 Å². The Hall–Kier alpha value is -4.25. The van der Waals surface area contributed by atoms with Crippen LogP contribution in [0.1, 0.15) is 54.3 Å². The van der Waals surface area contributed by atoms with E-state index in [0.717, 1.165) is 21.8 Å². The van der Waals surface area contributed by atoms with Gasteiger partial charge in [0.1, 0.15) is 17.8 Å². The molecule has 10 nitrogen and oxygen atoms in total. The molecular formula is C27H28N4O6S. The van der Waals surface area contributed by atoms with Gasteiger partial charge in [0.2, 0.25) is 5.91 Å². The van der Waals surface area contributed by atoms with Gasteiger partial charge in [-0.2, -0.15) is 0 Å². The Balaban J connectivity index is 1.63. The molecule has 38 heavy (non-hydrogen) atoms. The fourth-order valence-corrected chi connectivity index (χ4v) is 4.89. The van der Waals surface area contributed by atoms with Crippen LogP contribution in [0.2, 0.25) is 0 Å². The number of carbonyl (C=O) groups is 4. The summed E-state index contributed by atoms with van der Waals surface area (Å²) < 4.78 is 10.3. The Labute approximate surface area is 224 Å². The van der Waals surface area contributed by atoms with E-state index in [0.29, 0.717) is 11.3 Å². The summed E-state index contributed by atoms with van der Waals surface area (Å²) in [6.45, 7) is 5.59. The number of rotatable bonds is 9. The molecule has 2 N–H and O–H groups in total. The standard InChI is InChI=1S/C27H28N4O6S/c1-15(2)37-19-12-10-18(11-13-19)21-24(33)31(27(35)29-21)22(16(3)17-8-6-5-7-9-17)23(32)30-26-28-20(14-38-26)25(34)36-4/h5-16,21-22H,1-4H3,(H,29,35)(H,28,30,32)/t16-,21?,22-/m0/s1. The zero-order valence-electron chi connectivity index (χ0n) is 21.3. The minimum Gasteiger partial charge on any atom is -0.491 e. The highest BCUT2D eigenvalue weighted by atomic mass is 32.1. The van der Waals surface area contributed by atoms with E-state index >= 15 is 0 Å². The van der Waals surface area contributed by atoms with Crippen molar-refractivity contribution in [2.24, 2.45) is 0 Å². The molecule has 0 radical (unpaired) electrons. The Bertz CT molecular complexity index is 1320. The van der Waals surface area contributed by atoms with E-state index in [9.17, 15) is 19.2 Å². The van der Waals surface area contributed by atoms with Gasteiger partial charge in [-0.15, -0.1) is 11.3 Å². The van der Waals surface area contributed by atoms with Crippen LogP contribution in [-0.2, 0) is 14.3 Å². The van der Waals surface area contributed by atoms with Crippen molar-refractivity contribution in [1.29, 1.82) is 0 Å². The number of aromatic nitrogens is 1. The van der Waals surface area contributed by atoms with Crippen molar-refractivity contribution in [2.45, 2.75) is 44.9 Å². The quantitative estimate of drug-likeness (QED) is 0.311. The fourth-order valence-electron chi connectivity index (χ4n) is 4.21. The summed E-state index contributed by atoms with van der Waals surface area (Å²) in [6, 6.07) is 13.2. The molecule has 0 saturated carbocycles. The maximum Gasteiger partial charge on any atom is 0.357 e. The van der Waals surface area contributed by atoms with Crippen LogP contribution >= 0.6 is 11.3 Å². The van der Waals surface area contributed by atoms with Crippen LogP contribution in [-0.4, -0.2) is 53.0 Å². The van der Waals surface area contributed by atoms with E-state index in [1.165, 1.54) is 12.5 Å². The number of ether oxygens (including phenoxy) is 2. The smallest absolute Gasteiger partial charge is 0.357 e. The third-order valence-electron chi connectivity index (χ3n) is 6.03. The molecule has 198 valence electrons. The Kier molecular flexibility index (Phi) is 8.06. The van der Waals surface area contributed by atoms with E-state index in [1.807, 2.05) is 44.2 Å². The van der Waals surface area contributed by atoms with Crippen LogP contribution in [0.4, 0.5) is 9.93 Å². The topological polar surface area (TPSA) is 127 Å². The highest BCUT2D eigenvalue weighted by molar-refractivity contribution is 7.14. The predicted molar refractivity (Wildman–Crippen MR) is 141 cm³/mol.